The van der Waals surface area contributed by atoms with Gasteiger partial charge >= 0.3 is 12.2 Å². The maximum absolute atomic E-state index is 12.6. The SMILES string of the molecule is NC(=S)SC(N)=NC(=O)C(CCCNC(=O)OCc1ccccc1)NC(=O)OCc1ccccc1. The number of aliphatic imine (C=N–C) groups is 1. The molecule has 3 amide bonds. The lowest BCUT2D eigenvalue weighted by molar-refractivity contribution is -0.119. The lowest BCUT2D eigenvalue weighted by Gasteiger charge is -2.16. The van der Waals surface area contributed by atoms with E-state index in [0.29, 0.717) is 6.42 Å². The second kappa shape index (κ2) is 15.3. The minimum Gasteiger partial charge on any atom is -0.445 e. The number of alkyl carbamates (subject to hydrolysis) is 2. The number of benzene rings is 2. The van der Waals surface area contributed by atoms with E-state index in [-0.39, 0.29) is 35.7 Å². The van der Waals surface area contributed by atoms with Crippen molar-refractivity contribution in [1.29, 1.82) is 0 Å². The van der Waals surface area contributed by atoms with Crippen LogP contribution in [0, 0.1) is 0 Å². The van der Waals surface area contributed by atoms with Crippen molar-refractivity contribution >= 4 is 51.6 Å². The lowest BCUT2D eigenvalue weighted by atomic mass is 10.1. The molecule has 2 aromatic carbocycles. The first-order valence-electron chi connectivity index (χ1n) is 10.6. The van der Waals surface area contributed by atoms with Crippen molar-refractivity contribution in [2.45, 2.75) is 32.1 Å². The van der Waals surface area contributed by atoms with Gasteiger partial charge in [0.2, 0.25) is 0 Å². The molecule has 0 spiro atoms. The molecule has 0 saturated carbocycles. The Morgan fingerprint density at radius 2 is 1.46 bits per heavy atom. The largest absolute Gasteiger partial charge is 0.445 e. The van der Waals surface area contributed by atoms with E-state index < -0.39 is 24.1 Å². The average Bonchev–Trinajstić information content (AvgIpc) is 2.84. The molecule has 10 nitrogen and oxygen atoms in total. The van der Waals surface area contributed by atoms with Gasteiger partial charge in [0.25, 0.3) is 5.91 Å². The minimum absolute atomic E-state index is 0.00375. The molecule has 0 heterocycles. The summed E-state index contributed by atoms with van der Waals surface area (Å²) < 4.78 is 10.3. The number of rotatable bonds is 10. The van der Waals surface area contributed by atoms with Crippen molar-refractivity contribution in [3.05, 3.63) is 71.8 Å². The van der Waals surface area contributed by atoms with Crippen molar-refractivity contribution < 1.29 is 23.9 Å². The number of hydrogen-bond acceptors (Lipinski definition) is 7. The molecule has 1 unspecified atom stereocenters. The van der Waals surface area contributed by atoms with Crippen LogP contribution in [0.5, 0.6) is 0 Å². The molecule has 0 bridgehead atoms. The van der Waals surface area contributed by atoms with Crippen molar-refractivity contribution in [3.8, 4) is 0 Å². The number of amides is 3. The zero-order chi connectivity index (χ0) is 25.5. The maximum atomic E-state index is 12.6. The van der Waals surface area contributed by atoms with Crippen molar-refractivity contribution in [2.75, 3.05) is 6.54 Å². The summed E-state index contributed by atoms with van der Waals surface area (Å²) in [4.78, 5) is 40.5. The number of amidine groups is 1. The normalized spacial score (nSPS) is 11.7. The highest BCUT2D eigenvalue weighted by Gasteiger charge is 2.22. The van der Waals surface area contributed by atoms with E-state index in [1.165, 1.54) is 0 Å². The molecule has 0 aliphatic rings. The summed E-state index contributed by atoms with van der Waals surface area (Å²) in [5, 5.41) is 4.95. The van der Waals surface area contributed by atoms with Gasteiger partial charge in [-0.05, 0) is 35.7 Å². The van der Waals surface area contributed by atoms with Gasteiger partial charge in [-0.15, -0.1) is 0 Å². The molecule has 0 aliphatic carbocycles. The van der Waals surface area contributed by atoms with Gasteiger partial charge in [-0.25, -0.2) is 9.59 Å². The summed E-state index contributed by atoms with van der Waals surface area (Å²) in [7, 11) is 0. The summed E-state index contributed by atoms with van der Waals surface area (Å²) >= 11 is 5.49. The van der Waals surface area contributed by atoms with E-state index in [9.17, 15) is 14.4 Å². The van der Waals surface area contributed by atoms with E-state index in [1.54, 1.807) is 12.1 Å². The summed E-state index contributed by atoms with van der Waals surface area (Å²) in [6.07, 6.45) is -0.888. The van der Waals surface area contributed by atoms with E-state index in [0.717, 1.165) is 22.9 Å². The number of nitrogens with one attached hydrogen (secondary N) is 2. The first-order valence-corrected chi connectivity index (χ1v) is 11.8. The molecule has 2 rings (SSSR count). The molecule has 2 aromatic rings. The Labute approximate surface area is 212 Å². The molecule has 12 heteroatoms. The van der Waals surface area contributed by atoms with Gasteiger partial charge in [0.1, 0.15) is 23.6 Å². The van der Waals surface area contributed by atoms with Crippen molar-refractivity contribution in [1.82, 2.24) is 10.6 Å². The Bertz CT molecular complexity index is 1020. The Kier molecular flexibility index (Phi) is 12.1. The predicted molar refractivity (Wildman–Crippen MR) is 138 cm³/mol. The van der Waals surface area contributed by atoms with Gasteiger partial charge in [-0.2, -0.15) is 4.99 Å². The zero-order valence-electron chi connectivity index (χ0n) is 18.8. The Morgan fingerprint density at radius 3 is 2.00 bits per heavy atom. The van der Waals surface area contributed by atoms with Crippen LogP contribution >= 0.6 is 24.0 Å². The first-order chi connectivity index (χ1) is 16.8. The Morgan fingerprint density at radius 1 is 0.914 bits per heavy atom. The summed E-state index contributed by atoms with van der Waals surface area (Å²) in [6, 6.07) is 17.3. The van der Waals surface area contributed by atoms with Crippen LogP contribution in [0.2, 0.25) is 0 Å². The van der Waals surface area contributed by atoms with Gasteiger partial charge < -0.3 is 31.6 Å². The average molecular weight is 518 g/mol. The van der Waals surface area contributed by atoms with Crippen LogP contribution < -0.4 is 22.1 Å². The summed E-state index contributed by atoms with van der Waals surface area (Å²) in [5.41, 5.74) is 12.7. The number of hydrogen-bond donors (Lipinski definition) is 4. The van der Waals surface area contributed by atoms with Gasteiger partial charge in [0, 0.05) is 6.54 Å². The number of thioether (sulfide) groups is 1. The highest BCUT2D eigenvalue weighted by molar-refractivity contribution is 8.32. The quantitative estimate of drug-likeness (QED) is 0.161. The van der Waals surface area contributed by atoms with Gasteiger partial charge in [-0.1, -0.05) is 72.9 Å². The first kappa shape index (κ1) is 27.6. The molecule has 6 N–H and O–H groups in total. The second-order valence-corrected chi connectivity index (χ2v) is 8.86. The van der Waals surface area contributed by atoms with Crippen LogP contribution in [-0.2, 0) is 27.5 Å². The maximum Gasteiger partial charge on any atom is 0.408 e. The molecule has 1 atom stereocenters. The second-order valence-electron chi connectivity index (χ2n) is 7.10. The number of carbonyl (C=O) groups excluding carboxylic acids is 3. The summed E-state index contributed by atoms with van der Waals surface area (Å²) in [5.74, 6) is -0.699. The zero-order valence-corrected chi connectivity index (χ0v) is 20.5. The van der Waals surface area contributed by atoms with Crippen LogP contribution in [0.25, 0.3) is 0 Å². The van der Waals surface area contributed by atoms with Crippen molar-refractivity contribution in [3.63, 3.8) is 0 Å². The number of nitrogens with two attached hydrogens (primary N) is 2. The smallest absolute Gasteiger partial charge is 0.408 e. The van der Waals surface area contributed by atoms with Crippen LogP contribution in [0.3, 0.4) is 0 Å². The van der Waals surface area contributed by atoms with Gasteiger partial charge in [0.15, 0.2) is 5.17 Å². The van der Waals surface area contributed by atoms with Gasteiger partial charge in [-0.3, -0.25) is 4.79 Å². The molecule has 0 aromatic heterocycles. The van der Waals surface area contributed by atoms with Crippen LogP contribution in [0.4, 0.5) is 9.59 Å². The molecule has 0 aliphatic heterocycles. The Hall–Kier alpha value is -3.64. The highest BCUT2D eigenvalue weighted by atomic mass is 32.2. The fraction of sp³-hybridized carbons (Fsp3) is 0.261. The summed E-state index contributed by atoms with van der Waals surface area (Å²) in [6.45, 7) is 0.376. The molecule has 35 heavy (non-hydrogen) atoms. The standard InChI is InChI=1S/C23H27N5O5S2/c24-20(35-21(25)34)28-19(29)18(27-23(31)33-15-17-10-5-2-6-11-17)12-7-13-26-22(30)32-14-16-8-3-1-4-9-16/h1-6,8-11,18H,7,12-15H2,(H2,25,34)(H,26,30)(H,27,31)(H2,24,28,29). The van der Waals surface area contributed by atoms with Gasteiger partial charge in [0.05, 0.1) is 0 Å². The minimum atomic E-state index is -1.04. The molecule has 0 radical (unpaired) electrons. The van der Waals surface area contributed by atoms with Crippen LogP contribution in [0.1, 0.15) is 24.0 Å². The fourth-order valence-electron chi connectivity index (χ4n) is 2.75. The van der Waals surface area contributed by atoms with E-state index >= 15 is 0 Å². The molecular formula is C23H27N5O5S2. The third-order valence-electron chi connectivity index (χ3n) is 4.38. The number of carbonyl (C=O) groups is 3. The molecule has 0 fully saturated rings. The molecule has 0 saturated heterocycles. The van der Waals surface area contributed by atoms with E-state index in [2.05, 4.69) is 15.6 Å². The van der Waals surface area contributed by atoms with Crippen LogP contribution in [-0.4, -0.2) is 40.2 Å². The predicted octanol–water partition coefficient (Wildman–Crippen LogP) is 2.81. The number of ether oxygens (including phenoxy) is 2. The van der Waals surface area contributed by atoms with E-state index in [4.69, 9.17) is 33.2 Å². The third-order valence-corrected chi connectivity index (χ3v) is 5.13. The third kappa shape index (κ3) is 11.9. The Balaban J connectivity index is 1.85. The number of thiocarbonyl (C=S) groups is 1. The fourth-order valence-corrected chi connectivity index (χ4v) is 3.35. The monoisotopic (exact) mass is 517 g/mol. The number of nitrogens with zero attached hydrogens (tertiary/aromatic N) is 1. The topological polar surface area (TPSA) is 158 Å². The molecule has 186 valence electrons. The lowest BCUT2D eigenvalue weighted by Crippen LogP contribution is -2.41. The molecular weight excluding hydrogens is 490 g/mol. The van der Waals surface area contributed by atoms with Crippen molar-refractivity contribution in [2.24, 2.45) is 16.5 Å². The van der Waals surface area contributed by atoms with Crippen LogP contribution in [0.15, 0.2) is 65.7 Å². The van der Waals surface area contributed by atoms with E-state index in [1.807, 2.05) is 48.5 Å². The highest BCUT2D eigenvalue weighted by Crippen LogP contribution is 2.06.